The summed E-state index contributed by atoms with van der Waals surface area (Å²) in [4.78, 5) is 16.5. The average molecular weight is 292 g/mol. The summed E-state index contributed by atoms with van der Waals surface area (Å²) in [6.45, 7) is 6.90. The van der Waals surface area contributed by atoms with E-state index >= 15 is 0 Å². The summed E-state index contributed by atoms with van der Waals surface area (Å²) in [5.41, 5.74) is 0. The molecule has 0 radical (unpaired) electrons. The molecule has 5 nitrogen and oxygen atoms in total. The molecule has 1 saturated heterocycles. The predicted molar refractivity (Wildman–Crippen MR) is 81.8 cm³/mol. The molecule has 0 aliphatic carbocycles. The summed E-state index contributed by atoms with van der Waals surface area (Å²) in [6.07, 6.45) is 1.03. The van der Waals surface area contributed by atoms with Gasteiger partial charge >= 0.3 is 0 Å². The highest BCUT2D eigenvalue weighted by molar-refractivity contribution is 5.77. The van der Waals surface area contributed by atoms with Crippen molar-refractivity contribution in [3.05, 3.63) is 24.3 Å². The molecule has 0 N–H and O–H groups in total. The molecule has 0 spiro atoms. The van der Waals surface area contributed by atoms with E-state index in [1.54, 1.807) is 13.2 Å². The number of likely N-dealkylation sites (N-methyl/N-ethyl adjacent to an activating group) is 1. The third kappa shape index (κ3) is 4.63. The van der Waals surface area contributed by atoms with E-state index in [1.165, 1.54) is 0 Å². The third-order valence-electron chi connectivity index (χ3n) is 3.79. The molecule has 1 fully saturated rings. The van der Waals surface area contributed by atoms with Gasteiger partial charge in [0.25, 0.3) is 5.91 Å². The monoisotopic (exact) mass is 292 g/mol. The van der Waals surface area contributed by atoms with E-state index in [4.69, 9.17) is 9.47 Å². The largest absolute Gasteiger partial charge is 0.497 e. The Balaban J connectivity index is 1.83. The Kier molecular flexibility index (Phi) is 5.87. The van der Waals surface area contributed by atoms with E-state index in [-0.39, 0.29) is 12.5 Å². The Labute approximate surface area is 126 Å². The van der Waals surface area contributed by atoms with Crippen molar-refractivity contribution < 1.29 is 14.3 Å². The molecule has 0 aromatic heterocycles. The van der Waals surface area contributed by atoms with Crippen LogP contribution in [0.2, 0.25) is 0 Å². The van der Waals surface area contributed by atoms with Crippen molar-refractivity contribution in [3.63, 3.8) is 0 Å². The highest BCUT2D eigenvalue weighted by atomic mass is 16.5. The normalized spacial score (nSPS) is 16.4. The van der Waals surface area contributed by atoms with Gasteiger partial charge in [-0.3, -0.25) is 4.79 Å². The van der Waals surface area contributed by atoms with Crippen LogP contribution >= 0.6 is 0 Å². The minimum atomic E-state index is 0.0516. The van der Waals surface area contributed by atoms with Crippen LogP contribution in [0, 0.1) is 0 Å². The van der Waals surface area contributed by atoms with Gasteiger partial charge < -0.3 is 19.3 Å². The fourth-order valence-corrected chi connectivity index (χ4v) is 2.46. The molecule has 0 atom stereocenters. The van der Waals surface area contributed by atoms with Crippen LogP contribution in [0.15, 0.2) is 24.3 Å². The maximum absolute atomic E-state index is 12.2. The van der Waals surface area contributed by atoms with E-state index in [0.717, 1.165) is 44.9 Å². The number of hydrogen-bond acceptors (Lipinski definition) is 4. The summed E-state index contributed by atoms with van der Waals surface area (Å²) in [5.74, 6) is 1.44. The third-order valence-corrected chi connectivity index (χ3v) is 3.79. The molecule has 0 unspecified atom stereocenters. The second-order valence-corrected chi connectivity index (χ2v) is 5.14. The molecule has 116 valence electrons. The summed E-state index contributed by atoms with van der Waals surface area (Å²) in [6, 6.07) is 7.32. The first-order chi connectivity index (χ1) is 10.2. The van der Waals surface area contributed by atoms with Gasteiger partial charge in [-0.05, 0) is 31.6 Å². The van der Waals surface area contributed by atoms with E-state index in [9.17, 15) is 4.79 Å². The molecule has 1 aromatic rings. The van der Waals surface area contributed by atoms with Crippen molar-refractivity contribution in [1.29, 1.82) is 0 Å². The Bertz CT molecular complexity index is 465. The number of hydrogen-bond donors (Lipinski definition) is 0. The van der Waals surface area contributed by atoms with Crippen LogP contribution < -0.4 is 9.47 Å². The van der Waals surface area contributed by atoms with Crippen LogP contribution in [-0.2, 0) is 4.79 Å². The smallest absolute Gasteiger partial charge is 0.260 e. The Morgan fingerprint density at radius 1 is 1.19 bits per heavy atom. The number of rotatable bonds is 5. The van der Waals surface area contributed by atoms with Crippen LogP contribution in [0.3, 0.4) is 0 Å². The van der Waals surface area contributed by atoms with Crippen molar-refractivity contribution in [1.82, 2.24) is 9.80 Å². The second-order valence-electron chi connectivity index (χ2n) is 5.14. The van der Waals surface area contributed by atoms with Crippen LogP contribution in [0.1, 0.15) is 13.3 Å². The molecule has 21 heavy (non-hydrogen) atoms. The van der Waals surface area contributed by atoms with Crippen LogP contribution in [0.25, 0.3) is 0 Å². The lowest BCUT2D eigenvalue weighted by Crippen LogP contribution is -2.38. The standard InChI is InChI=1S/C16H24N2O3/c1-3-17-8-5-9-18(11-10-17)16(19)13-21-15-7-4-6-14(12-15)20-2/h4,6-7,12H,3,5,8-11,13H2,1-2H3. The molecule has 1 aliphatic heterocycles. The maximum atomic E-state index is 12.2. The van der Waals surface area contributed by atoms with Gasteiger partial charge in [0.1, 0.15) is 11.5 Å². The van der Waals surface area contributed by atoms with Crippen LogP contribution in [0.4, 0.5) is 0 Å². The van der Waals surface area contributed by atoms with E-state index in [2.05, 4.69) is 11.8 Å². The molecule has 2 rings (SSSR count). The molecule has 1 heterocycles. The number of methoxy groups -OCH3 is 1. The fraction of sp³-hybridized carbons (Fsp3) is 0.562. The minimum absolute atomic E-state index is 0.0516. The minimum Gasteiger partial charge on any atom is -0.497 e. The van der Waals surface area contributed by atoms with Gasteiger partial charge in [0.2, 0.25) is 0 Å². The SMILES string of the molecule is CCN1CCCN(C(=O)COc2cccc(OC)c2)CC1. The zero-order valence-corrected chi connectivity index (χ0v) is 12.9. The van der Waals surface area contributed by atoms with Crippen LogP contribution in [0.5, 0.6) is 11.5 Å². The average Bonchev–Trinajstić information content (AvgIpc) is 2.78. The Hall–Kier alpha value is -1.75. The van der Waals surface area contributed by atoms with Crippen LogP contribution in [-0.4, -0.2) is 62.1 Å². The van der Waals surface area contributed by atoms with E-state index in [0.29, 0.717) is 5.75 Å². The molecule has 5 heteroatoms. The summed E-state index contributed by atoms with van der Waals surface area (Å²) < 4.78 is 10.7. The Morgan fingerprint density at radius 3 is 2.76 bits per heavy atom. The first-order valence-electron chi connectivity index (χ1n) is 7.50. The first kappa shape index (κ1) is 15.6. The Morgan fingerprint density at radius 2 is 2.00 bits per heavy atom. The molecule has 0 bridgehead atoms. The topological polar surface area (TPSA) is 42.0 Å². The predicted octanol–water partition coefficient (Wildman–Crippen LogP) is 1.63. The van der Waals surface area contributed by atoms with Crippen molar-refractivity contribution in [2.75, 3.05) is 46.4 Å². The maximum Gasteiger partial charge on any atom is 0.260 e. The summed E-state index contributed by atoms with van der Waals surface area (Å²) in [5, 5.41) is 0. The van der Waals surface area contributed by atoms with E-state index in [1.807, 2.05) is 23.1 Å². The number of nitrogens with zero attached hydrogens (tertiary/aromatic N) is 2. The lowest BCUT2D eigenvalue weighted by Gasteiger charge is -2.21. The second kappa shape index (κ2) is 7.88. The van der Waals surface area contributed by atoms with Crippen molar-refractivity contribution in [2.24, 2.45) is 0 Å². The summed E-state index contributed by atoms with van der Waals surface area (Å²) in [7, 11) is 1.61. The summed E-state index contributed by atoms with van der Waals surface area (Å²) >= 11 is 0. The molecular formula is C16H24N2O3. The zero-order chi connectivity index (χ0) is 15.1. The van der Waals surface area contributed by atoms with Gasteiger partial charge in [0, 0.05) is 25.7 Å². The lowest BCUT2D eigenvalue weighted by molar-refractivity contribution is -0.133. The number of carbonyl (C=O) groups excluding carboxylic acids is 1. The molecular weight excluding hydrogens is 268 g/mol. The van der Waals surface area contributed by atoms with Crippen molar-refractivity contribution >= 4 is 5.91 Å². The molecule has 1 aliphatic rings. The van der Waals surface area contributed by atoms with Gasteiger partial charge in [-0.25, -0.2) is 0 Å². The van der Waals surface area contributed by atoms with E-state index < -0.39 is 0 Å². The highest BCUT2D eigenvalue weighted by Crippen LogP contribution is 2.18. The first-order valence-corrected chi connectivity index (χ1v) is 7.50. The molecule has 1 amide bonds. The number of benzene rings is 1. The van der Waals surface area contributed by atoms with Gasteiger partial charge in [-0.1, -0.05) is 13.0 Å². The molecule has 0 saturated carbocycles. The van der Waals surface area contributed by atoms with Crippen molar-refractivity contribution in [2.45, 2.75) is 13.3 Å². The van der Waals surface area contributed by atoms with Gasteiger partial charge in [-0.2, -0.15) is 0 Å². The number of ether oxygens (including phenoxy) is 2. The number of carbonyl (C=O) groups is 1. The van der Waals surface area contributed by atoms with Gasteiger partial charge in [0.05, 0.1) is 7.11 Å². The number of amides is 1. The van der Waals surface area contributed by atoms with Gasteiger partial charge in [0.15, 0.2) is 6.61 Å². The zero-order valence-electron chi connectivity index (χ0n) is 12.9. The quantitative estimate of drug-likeness (QED) is 0.827. The van der Waals surface area contributed by atoms with Crippen molar-refractivity contribution in [3.8, 4) is 11.5 Å². The lowest BCUT2D eigenvalue weighted by atomic mass is 10.3. The highest BCUT2D eigenvalue weighted by Gasteiger charge is 2.18. The molecule has 1 aromatic carbocycles. The fourth-order valence-electron chi connectivity index (χ4n) is 2.46. The van der Waals surface area contributed by atoms with Gasteiger partial charge in [-0.15, -0.1) is 0 Å².